The Labute approximate surface area is 139 Å². The molecule has 2 aromatic rings. The van der Waals surface area contributed by atoms with Crippen molar-refractivity contribution in [3.63, 3.8) is 0 Å². The van der Waals surface area contributed by atoms with Crippen LogP contribution in [0.4, 0.5) is 0 Å². The number of hydrogen-bond acceptors (Lipinski definition) is 6. The van der Waals surface area contributed by atoms with E-state index in [2.05, 4.69) is 0 Å². The average Bonchev–Trinajstić information content (AvgIpc) is 3.07. The van der Waals surface area contributed by atoms with Gasteiger partial charge < -0.3 is 23.7 Å². The molecule has 2 aromatic carbocycles. The molecule has 1 aliphatic heterocycles. The van der Waals surface area contributed by atoms with Crippen molar-refractivity contribution in [2.75, 3.05) is 21.0 Å². The maximum absolute atomic E-state index is 12.0. The molecule has 24 heavy (non-hydrogen) atoms. The van der Waals surface area contributed by atoms with Crippen LogP contribution in [-0.2, 0) is 4.79 Å². The fourth-order valence-corrected chi connectivity index (χ4v) is 2.29. The van der Waals surface area contributed by atoms with Crippen LogP contribution in [0, 0.1) is 0 Å². The maximum atomic E-state index is 12.0. The first-order valence-corrected chi connectivity index (χ1v) is 7.22. The predicted molar refractivity (Wildman–Crippen MR) is 86.8 cm³/mol. The number of methoxy groups -OCH3 is 2. The van der Waals surface area contributed by atoms with Gasteiger partial charge in [-0.1, -0.05) is 12.1 Å². The normalized spacial score (nSPS) is 12.2. The van der Waals surface area contributed by atoms with Crippen LogP contribution in [0.15, 0.2) is 42.5 Å². The van der Waals surface area contributed by atoms with Crippen molar-refractivity contribution in [1.82, 2.24) is 0 Å². The highest BCUT2D eigenvalue weighted by molar-refractivity contribution is 5.89. The average molecular weight is 328 g/mol. The van der Waals surface area contributed by atoms with E-state index in [-0.39, 0.29) is 6.79 Å². The number of benzene rings is 2. The zero-order valence-electron chi connectivity index (χ0n) is 13.3. The number of rotatable bonds is 5. The third-order valence-corrected chi connectivity index (χ3v) is 3.39. The molecule has 0 atom stereocenters. The summed E-state index contributed by atoms with van der Waals surface area (Å²) in [5, 5.41) is 0. The van der Waals surface area contributed by atoms with Gasteiger partial charge >= 0.3 is 5.97 Å². The Balaban J connectivity index is 1.72. The van der Waals surface area contributed by atoms with Gasteiger partial charge in [0.15, 0.2) is 23.0 Å². The number of para-hydroxylation sites is 1. The lowest BCUT2D eigenvalue weighted by Crippen LogP contribution is -2.03. The third-order valence-electron chi connectivity index (χ3n) is 3.39. The largest absolute Gasteiger partial charge is 0.493 e. The van der Waals surface area contributed by atoms with E-state index in [0.29, 0.717) is 34.3 Å². The summed E-state index contributed by atoms with van der Waals surface area (Å²) in [6.07, 6.45) is 2.93. The first-order valence-electron chi connectivity index (χ1n) is 7.22. The summed E-state index contributed by atoms with van der Waals surface area (Å²) in [5.74, 6) is 2.19. The number of carbonyl (C=O) groups excluding carboxylic acids is 1. The van der Waals surface area contributed by atoms with E-state index >= 15 is 0 Å². The maximum Gasteiger partial charge on any atom is 0.336 e. The van der Waals surface area contributed by atoms with Gasteiger partial charge in [0.1, 0.15) is 5.75 Å². The number of ether oxygens (including phenoxy) is 5. The topological polar surface area (TPSA) is 63.2 Å². The molecule has 124 valence electrons. The summed E-state index contributed by atoms with van der Waals surface area (Å²) in [6.45, 7) is 0.169. The van der Waals surface area contributed by atoms with Gasteiger partial charge in [-0.2, -0.15) is 0 Å². The van der Waals surface area contributed by atoms with Crippen molar-refractivity contribution in [3.8, 4) is 28.7 Å². The molecule has 0 aliphatic carbocycles. The zero-order chi connectivity index (χ0) is 16.9. The minimum absolute atomic E-state index is 0.169. The quantitative estimate of drug-likeness (QED) is 0.477. The fraction of sp³-hybridized carbons (Fsp3) is 0.167. The summed E-state index contributed by atoms with van der Waals surface area (Å²) >= 11 is 0. The van der Waals surface area contributed by atoms with Gasteiger partial charge in [0, 0.05) is 17.7 Å². The first kappa shape index (κ1) is 15.7. The SMILES string of the molecule is COc1cccc(/C=C/C(=O)Oc2ccc3c(c2)OCO3)c1OC. The summed E-state index contributed by atoms with van der Waals surface area (Å²) < 4.78 is 26.2. The first-order chi connectivity index (χ1) is 11.7. The van der Waals surface area contributed by atoms with E-state index in [1.165, 1.54) is 6.08 Å². The Kier molecular flexibility index (Phi) is 4.56. The third kappa shape index (κ3) is 3.27. The second-order valence-electron chi connectivity index (χ2n) is 4.85. The van der Waals surface area contributed by atoms with Gasteiger partial charge in [0.25, 0.3) is 0 Å². The minimum atomic E-state index is -0.515. The highest BCUT2D eigenvalue weighted by Gasteiger charge is 2.14. The highest BCUT2D eigenvalue weighted by Crippen LogP contribution is 2.35. The molecule has 1 aliphatic rings. The van der Waals surface area contributed by atoms with E-state index in [1.807, 2.05) is 12.1 Å². The van der Waals surface area contributed by atoms with Crippen LogP contribution in [0.1, 0.15) is 5.56 Å². The zero-order valence-corrected chi connectivity index (χ0v) is 13.3. The second kappa shape index (κ2) is 6.95. The van der Waals surface area contributed by atoms with E-state index in [9.17, 15) is 4.79 Å². The van der Waals surface area contributed by atoms with E-state index < -0.39 is 5.97 Å². The molecule has 0 saturated carbocycles. The van der Waals surface area contributed by atoms with Crippen molar-refractivity contribution in [1.29, 1.82) is 0 Å². The van der Waals surface area contributed by atoms with Crippen LogP contribution < -0.4 is 23.7 Å². The molecule has 0 bridgehead atoms. The Morgan fingerprint density at radius 2 is 1.92 bits per heavy atom. The molecule has 0 fully saturated rings. The van der Waals surface area contributed by atoms with Gasteiger partial charge in [0.2, 0.25) is 6.79 Å². The number of carbonyl (C=O) groups is 1. The van der Waals surface area contributed by atoms with Crippen LogP contribution in [0.2, 0.25) is 0 Å². The molecule has 0 N–H and O–H groups in total. The molecular weight excluding hydrogens is 312 g/mol. The molecule has 1 heterocycles. The van der Waals surface area contributed by atoms with E-state index in [1.54, 1.807) is 44.6 Å². The van der Waals surface area contributed by atoms with Gasteiger partial charge in [-0.05, 0) is 24.3 Å². The molecule has 0 radical (unpaired) electrons. The highest BCUT2D eigenvalue weighted by atomic mass is 16.7. The summed E-state index contributed by atoms with van der Waals surface area (Å²) in [5.41, 5.74) is 0.708. The predicted octanol–water partition coefficient (Wildman–Crippen LogP) is 3.05. The summed E-state index contributed by atoms with van der Waals surface area (Å²) in [6, 6.07) is 10.3. The molecule has 0 spiro atoms. The molecule has 0 amide bonds. The molecule has 3 rings (SSSR count). The van der Waals surface area contributed by atoms with Crippen molar-refractivity contribution in [2.24, 2.45) is 0 Å². The standard InChI is InChI=1S/C18H16O6/c1-20-15-5-3-4-12(18(15)21-2)6-9-17(19)24-13-7-8-14-16(10-13)23-11-22-14/h3-10H,11H2,1-2H3/b9-6+. The minimum Gasteiger partial charge on any atom is -0.493 e. The molecular formula is C18H16O6. The Bertz CT molecular complexity index is 781. The smallest absolute Gasteiger partial charge is 0.336 e. The molecule has 6 heteroatoms. The van der Waals surface area contributed by atoms with Crippen LogP contribution in [0.25, 0.3) is 6.08 Å². The van der Waals surface area contributed by atoms with Crippen molar-refractivity contribution >= 4 is 12.0 Å². The Morgan fingerprint density at radius 1 is 1.08 bits per heavy atom. The summed E-state index contributed by atoms with van der Waals surface area (Å²) in [4.78, 5) is 12.0. The van der Waals surface area contributed by atoms with Crippen LogP contribution >= 0.6 is 0 Å². The lowest BCUT2D eigenvalue weighted by atomic mass is 10.1. The van der Waals surface area contributed by atoms with Crippen LogP contribution in [0.3, 0.4) is 0 Å². The molecule has 0 aromatic heterocycles. The Hall–Kier alpha value is -3.15. The van der Waals surface area contributed by atoms with Crippen molar-refractivity contribution in [2.45, 2.75) is 0 Å². The lowest BCUT2D eigenvalue weighted by molar-refractivity contribution is -0.128. The van der Waals surface area contributed by atoms with Gasteiger partial charge in [-0.15, -0.1) is 0 Å². The molecule has 0 unspecified atom stereocenters. The molecule has 0 saturated heterocycles. The Morgan fingerprint density at radius 3 is 2.71 bits per heavy atom. The second-order valence-corrected chi connectivity index (χ2v) is 4.85. The lowest BCUT2D eigenvalue weighted by Gasteiger charge is -2.09. The number of hydrogen-bond donors (Lipinski definition) is 0. The van der Waals surface area contributed by atoms with Gasteiger partial charge in [-0.25, -0.2) is 4.79 Å². The fourth-order valence-electron chi connectivity index (χ4n) is 2.29. The summed E-state index contributed by atoms with van der Waals surface area (Å²) in [7, 11) is 3.10. The van der Waals surface area contributed by atoms with Crippen molar-refractivity contribution in [3.05, 3.63) is 48.0 Å². The van der Waals surface area contributed by atoms with Crippen LogP contribution in [0.5, 0.6) is 28.7 Å². The van der Waals surface area contributed by atoms with Crippen LogP contribution in [-0.4, -0.2) is 27.0 Å². The number of esters is 1. The molecule has 6 nitrogen and oxygen atoms in total. The van der Waals surface area contributed by atoms with E-state index in [4.69, 9.17) is 23.7 Å². The van der Waals surface area contributed by atoms with Crippen molar-refractivity contribution < 1.29 is 28.5 Å². The van der Waals surface area contributed by atoms with Gasteiger partial charge in [0.05, 0.1) is 14.2 Å². The van der Waals surface area contributed by atoms with Gasteiger partial charge in [-0.3, -0.25) is 0 Å². The van der Waals surface area contributed by atoms with E-state index in [0.717, 1.165) is 0 Å². The number of fused-ring (bicyclic) bond motifs is 1. The monoisotopic (exact) mass is 328 g/mol.